The summed E-state index contributed by atoms with van der Waals surface area (Å²) in [7, 11) is 3.92. The number of likely N-dealkylation sites (tertiary alicyclic amines) is 2. The van der Waals surface area contributed by atoms with Gasteiger partial charge >= 0.3 is 6.09 Å². The van der Waals surface area contributed by atoms with E-state index in [1.165, 1.54) is 0 Å². The molecule has 10 heteroatoms. The van der Waals surface area contributed by atoms with Gasteiger partial charge in [0.2, 0.25) is 5.91 Å². The van der Waals surface area contributed by atoms with Crippen molar-refractivity contribution in [1.29, 1.82) is 0 Å². The quantitative estimate of drug-likeness (QED) is 0.588. The van der Waals surface area contributed by atoms with Crippen molar-refractivity contribution in [3.63, 3.8) is 0 Å². The molecule has 2 aromatic heterocycles. The highest BCUT2D eigenvalue weighted by Gasteiger charge is 2.31. The number of carbonyl (C=O) groups excluding carboxylic acids is 2. The molecule has 0 saturated carbocycles. The molecule has 1 unspecified atom stereocenters. The van der Waals surface area contributed by atoms with Gasteiger partial charge in [-0.15, -0.1) is 0 Å². The second kappa shape index (κ2) is 11.3. The molecule has 2 saturated heterocycles. The summed E-state index contributed by atoms with van der Waals surface area (Å²) in [6, 6.07) is 2.26. The minimum absolute atomic E-state index is 0.0274. The molecule has 0 aliphatic carbocycles. The van der Waals surface area contributed by atoms with Crippen molar-refractivity contribution in [3.8, 4) is 0 Å². The Labute approximate surface area is 213 Å². The van der Waals surface area contributed by atoms with E-state index in [0.717, 1.165) is 42.1 Å². The van der Waals surface area contributed by atoms with E-state index in [4.69, 9.17) is 9.72 Å². The molecule has 4 rings (SSSR count). The maximum absolute atomic E-state index is 12.8. The van der Waals surface area contributed by atoms with Gasteiger partial charge in [0.1, 0.15) is 11.9 Å². The van der Waals surface area contributed by atoms with Gasteiger partial charge in [-0.1, -0.05) is 19.9 Å². The average molecular weight is 498 g/mol. The highest BCUT2D eigenvalue weighted by Crippen LogP contribution is 2.24. The average Bonchev–Trinajstić information content (AvgIpc) is 3.46. The van der Waals surface area contributed by atoms with E-state index in [2.05, 4.69) is 24.3 Å². The third-order valence-electron chi connectivity index (χ3n) is 6.81. The number of aromatic nitrogens is 3. The fraction of sp³-hybridized carbons (Fsp3) is 0.615. The van der Waals surface area contributed by atoms with E-state index in [1.807, 2.05) is 48.8 Å². The van der Waals surface area contributed by atoms with Crippen LogP contribution in [0.5, 0.6) is 0 Å². The number of fused-ring (bicyclic) bond motifs is 1. The molecule has 2 aromatic rings. The number of anilines is 1. The number of nitrogens with one attached hydrogen (secondary N) is 1. The van der Waals surface area contributed by atoms with Crippen molar-refractivity contribution in [2.75, 3.05) is 52.1 Å². The molecular formula is C26H39N7O3. The van der Waals surface area contributed by atoms with E-state index in [1.54, 1.807) is 15.9 Å². The van der Waals surface area contributed by atoms with Crippen LogP contribution in [-0.4, -0.2) is 100 Å². The monoisotopic (exact) mass is 497 g/mol. The number of carbonyl (C=O) groups is 2. The smallest absolute Gasteiger partial charge is 0.410 e. The number of hydrogen-bond acceptors (Lipinski definition) is 7. The molecule has 36 heavy (non-hydrogen) atoms. The molecule has 0 aromatic carbocycles. The Bertz CT molecular complexity index is 1100. The number of amides is 2. The number of piperidine rings is 1. The Balaban J connectivity index is 1.26. The predicted molar refractivity (Wildman–Crippen MR) is 139 cm³/mol. The Hall–Kier alpha value is -3.14. The summed E-state index contributed by atoms with van der Waals surface area (Å²) in [5, 5.41) is 8.18. The van der Waals surface area contributed by atoms with Crippen molar-refractivity contribution in [1.82, 2.24) is 29.3 Å². The van der Waals surface area contributed by atoms with E-state index < -0.39 is 0 Å². The molecule has 0 spiro atoms. The van der Waals surface area contributed by atoms with Crippen LogP contribution < -0.4 is 5.32 Å². The zero-order valence-electron chi connectivity index (χ0n) is 22.1. The van der Waals surface area contributed by atoms with Crippen LogP contribution in [0.2, 0.25) is 0 Å². The standard InChI is InChI=1S/C26H39N7O3/c1-18(2)22-16-27-33-23(15-19(3)28-25(22)33)29-20-8-12-31(13-9-20)26(35)36-21-10-14-32(17-21)24(34)7-6-11-30(4)5/h6-7,15-16,18,20-21,29H,8-14,17H2,1-5H3. The summed E-state index contributed by atoms with van der Waals surface area (Å²) in [4.78, 5) is 35.3. The topological polar surface area (TPSA) is 95.3 Å². The number of aryl methyl sites for hydroxylation is 1. The van der Waals surface area contributed by atoms with Gasteiger partial charge in [0, 0.05) is 62.0 Å². The van der Waals surface area contributed by atoms with Crippen LogP contribution >= 0.6 is 0 Å². The van der Waals surface area contributed by atoms with E-state index >= 15 is 0 Å². The summed E-state index contributed by atoms with van der Waals surface area (Å²) in [6.07, 6.45) is 7.14. The highest BCUT2D eigenvalue weighted by atomic mass is 16.6. The van der Waals surface area contributed by atoms with Crippen LogP contribution in [-0.2, 0) is 9.53 Å². The molecule has 10 nitrogen and oxygen atoms in total. The first-order chi connectivity index (χ1) is 17.2. The van der Waals surface area contributed by atoms with Crippen LogP contribution in [0.4, 0.5) is 10.6 Å². The highest BCUT2D eigenvalue weighted by molar-refractivity contribution is 5.87. The summed E-state index contributed by atoms with van der Waals surface area (Å²) in [5.74, 6) is 1.25. The Morgan fingerprint density at radius 3 is 2.61 bits per heavy atom. The van der Waals surface area contributed by atoms with Gasteiger partial charge in [0.15, 0.2) is 5.65 Å². The lowest BCUT2D eigenvalue weighted by Gasteiger charge is -2.33. The zero-order chi connectivity index (χ0) is 25.8. The number of hydrogen-bond donors (Lipinski definition) is 1. The minimum atomic E-state index is -0.285. The molecular weight excluding hydrogens is 458 g/mol. The molecule has 4 heterocycles. The van der Waals surface area contributed by atoms with Crippen molar-refractivity contribution < 1.29 is 14.3 Å². The zero-order valence-corrected chi connectivity index (χ0v) is 22.1. The Morgan fingerprint density at radius 1 is 1.19 bits per heavy atom. The molecule has 2 fully saturated rings. The van der Waals surface area contributed by atoms with Gasteiger partial charge in [0.25, 0.3) is 0 Å². The number of rotatable bonds is 7. The van der Waals surface area contributed by atoms with E-state index in [-0.39, 0.29) is 24.1 Å². The van der Waals surface area contributed by atoms with Crippen molar-refractivity contribution in [3.05, 3.63) is 35.7 Å². The van der Waals surface area contributed by atoms with Gasteiger partial charge in [-0.05, 0) is 39.8 Å². The van der Waals surface area contributed by atoms with Crippen LogP contribution in [0.25, 0.3) is 5.65 Å². The molecule has 2 aliphatic rings. The first kappa shape index (κ1) is 25.9. The van der Waals surface area contributed by atoms with Crippen molar-refractivity contribution in [2.24, 2.45) is 0 Å². The van der Waals surface area contributed by atoms with Crippen molar-refractivity contribution >= 4 is 23.5 Å². The van der Waals surface area contributed by atoms with Gasteiger partial charge in [0.05, 0.1) is 12.7 Å². The number of likely N-dealkylation sites (N-methyl/N-ethyl adjacent to an activating group) is 1. The lowest BCUT2D eigenvalue weighted by Crippen LogP contribution is -2.44. The predicted octanol–water partition coefficient (Wildman–Crippen LogP) is 2.89. The van der Waals surface area contributed by atoms with Crippen LogP contribution in [0.1, 0.15) is 50.3 Å². The van der Waals surface area contributed by atoms with Crippen LogP contribution in [0.15, 0.2) is 24.4 Å². The SMILES string of the molecule is Cc1cc(NC2CCN(C(=O)OC3CCN(C(=O)C=CCN(C)C)C3)CC2)n2ncc(C(C)C)c2n1. The largest absolute Gasteiger partial charge is 0.444 e. The van der Waals surface area contributed by atoms with E-state index in [0.29, 0.717) is 38.5 Å². The summed E-state index contributed by atoms with van der Waals surface area (Å²) in [5.41, 5.74) is 2.98. The molecule has 0 radical (unpaired) electrons. The van der Waals surface area contributed by atoms with Crippen molar-refractivity contribution in [2.45, 2.75) is 58.1 Å². The maximum atomic E-state index is 12.8. The normalized spacial score (nSPS) is 19.2. The fourth-order valence-corrected chi connectivity index (χ4v) is 4.74. The summed E-state index contributed by atoms with van der Waals surface area (Å²) < 4.78 is 7.62. The van der Waals surface area contributed by atoms with Gasteiger partial charge in [-0.25, -0.2) is 9.78 Å². The summed E-state index contributed by atoms with van der Waals surface area (Å²) in [6.45, 7) is 9.33. The van der Waals surface area contributed by atoms with E-state index in [9.17, 15) is 9.59 Å². The number of nitrogens with zero attached hydrogens (tertiary/aromatic N) is 6. The van der Waals surface area contributed by atoms with Gasteiger partial charge in [-0.2, -0.15) is 9.61 Å². The van der Waals surface area contributed by atoms with Gasteiger partial charge < -0.3 is 24.8 Å². The lowest BCUT2D eigenvalue weighted by atomic mass is 10.1. The molecule has 1 N–H and O–H groups in total. The molecule has 0 bridgehead atoms. The first-order valence-electron chi connectivity index (χ1n) is 12.9. The van der Waals surface area contributed by atoms with Crippen LogP contribution in [0, 0.1) is 6.92 Å². The third-order valence-corrected chi connectivity index (χ3v) is 6.81. The van der Waals surface area contributed by atoms with Gasteiger partial charge in [-0.3, -0.25) is 4.79 Å². The Morgan fingerprint density at radius 2 is 1.92 bits per heavy atom. The molecule has 1 atom stereocenters. The fourth-order valence-electron chi connectivity index (χ4n) is 4.74. The molecule has 2 amide bonds. The van der Waals surface area contributed by atoms with Crippen LogP contribution in [0.3, 0.4) is 0 Å². The second-order valence-corrected chi connectivity index (χ2v) is 10.4. The minimum Gasteiger partial charge on any atom is -0.444 e. The molecule has 196 valence electrons. The first-order valence-corrected chi connectivity index (χ1v) is 12.9. The maximum Gasteiger partial charge on any atom is 0.410 e. The lowest BCUT2D eigenvalue weighted by molar-refractivity contribution is -0.125. The Kier molecular flexibility index (Phi) is 8.13. The summed E-state index contributed by atoms with van der Waals surface area (Å²) >= 11 is 0. The molecule has 2 aliphatic heterocycles. The number of ether oxygens (including phenoxy) is 1. The second-order valence-electron chi connectivity index (χ2n) is 10.4. The third kappa shape index (κ3) is 6.16.